The van der Waals surface area contributed by atoms with Crippen LogP contribution in [0.5, 0.6) is 11.5 Å². The minimum Gasteiger partial charge on any atom is -0.497 e. The van der Waals surface area contributed by atoms with Gasteiger partial charge in [0.05, 0.1) is 19.3 Å². The SMILES string of the molecule is COc1ccc(OCCCC(=O)Nc2sc(C)cc2C(=O)O)cc1. The predicted octanol–water partition coefficient (Wildman–Crippen LogP) is 3.56. The van der Waals surface area contributed by atoms with Crippen molar-refractivity contribution in [2.45, 2.75) is 19.8 Å². The average Bonchev–Trinajstić information content (AvgIpc) is 2.93. The Balaban J connectivity index is 1.76. The number of ether oxygens (including phenoxy) is 2. The van der Waals surface area contributed by atoms with E-state index in [2.05, 4.69) is 5.32 Å². The van der Waals surface area contributed by atoms with Crippen LogP contribution in [0.3, 0.4) is 0 Å². The highest BCUT2D eigenvalue weighted by molar-refractivity contribution is 7.16. The van der Waals surface area contributed by atoms with Crippen LogP contribution < -0.4 is 14.8 Å². The van der Waals surface area contributed by atoms with Crippen molar-refractivity contribution in [1.82, 2.24) is 0 Å². The zero-order valence-corrected chi connectivity index (χ0v) is 14.3. The molecule has 0 aliphatic carbocycles. The number of carboxylic acid groups (broad SMARTS) is 1. The number of carbonyl (C=O) groups is 2. The molecule has 2 aromatic rings. The number of thiophene rings is 1. The number of carboxylic acids is 1. The molecule has 0 spiro atoms. The number of rotatable bonds is 8. The van der Waals surface area contributed by atoms with E-state index in [1.807, 2.05) is 0 Å². The van der Waals surface area contributed by atoms with Gasteiger partial charge < -0.3 is 19.9 Å². The van der Waals surface area contributed by atoms with Crippen molar-refractivity contribution in [3.8, 4) is 11.5 Å². The van der Waals surface area contributed by atoms with Gasteiger partial charge in [-0.25, -0.2) is 4.79 Å². The van der Waals surface area contributed by atoms with Crippen LogP contribution in [0.25, 0.3) is 0 Å². The van der Waals surface area contributed by atoms with E-state index >= 15 is 0 Å². The number of methoxy groups -OCH3 is 1. The molecule has 1 aromatic carbocycles. The molecule has 0 atom stereocenters. The van der Waals surface area contributed by atoms with E-state index in [4.69, 9.17) is 14.6 Å². The van der Waals surface area contributed by atoms with Crippen LogP contribution in [-0.2, 0) is 4.79 Å². The van der Waals surface area contributed by atoms with Gasteiger partial charge in [0.1, 0.15) is 16.5 Å². The third-order valence-corrected chi connectivity index (χ3v) is 4.18. The maximum Gasteiger partial charge on any atom is 0.338 e. The zero-order chi connectivity index (χ0) is 17.5. The molecule has 0 fully saturated rings. The molecule has 1 aromatic heterocycles. The van der Waals surface area contributed by atoms with Crippen molar-refractivity contribution in [2.75, 3.05) is 19.0 Å². The Bertz CT molecular complexity index is 708. The Kier molecular flexibility index (Phi) is 6.20. The largest absolute Gasteiger partial charge is 0.497 e. The lowest BCUT2D eigenvalue weighted by molar-refractivity contribution is -0.116. The van der Waals surface area contributed by atoms with Gasteiger partial charge in [-0.3, -0.25) is 4.79 Å². The third kappa shape index (κ3) is 4.99. The summed E-state index contributed by atoms with van der Waals surface area (Å²) in [4.78, 5) is 23.9. The molecule has 1 heterocycles. The van der Waals surface area contributed by atoms with E-state index in [1.165, 1.54) is 11.3 Å². The Morgan fingerprint density at radius 3 is 2.50 bits per heavy atom. The quantitative estimate of drug-likeness (QED) is 0.712. The second-order valence-corrected chi connectivity index (χ2v) is 6.34. The molecule has 128 valence electrons. The number of nitrogens with one attached hydrogen (secondary N) is 1. The van der Waals surface area contributed by atoms with Crippen molar-refractivity contribution in [1.29, 1.82) is 0 Å². The highest BCUT2D eigenvalue weighted by atomic mass is 32.1. The molecule has 6 nitrogen and oxygen atoms in total. The Morgan fingerprint density at radius 1 is 1.21 bits per heavy atom. The molecular weight excluding hydrogens is 330 g/mol. The first-order valence-electron chi connectivity index (χ1n) is 7.40. The summed E-state index contributed by atoms with van der Waals surface area (Å²) in [5.41, 5.74) is 0.125. The summed E-state index contributed by atoms with van der Waals surface area (Å²) in [6.45, 7) is 2.20. The monoisotopic (exact) mass is 349 g/mol. The van der Waals surface area contributed by atoms with Crippen LogP contribution in [0.1, 0.15) is 28.1 Å². The molecule has 0 aliphatic rings. The standard InChI is InChI=1S/C17H19NO5S/c1-11-10-14(17(20)21)16(24-11)18-15(19)4-3-9-23-13-7-5-12(22-2)6-8-13/h5-8,10H,3-4,9H2,1-2H3,(H,18,19)(H,20,21). The lowest BCUT2D eigenvalue weighted by Gasteiger charge is -2.07. The molecule has 2 rings (SSSR count). The highest BCUT2D eigenvalue weighted by Crippen LogP contribution is 2.27. The van der Waals surface area contributed by atoms with Gasteiger partial charge in [-0.1, -0.05) is 0 Å². The van der Waals surface area contributed by atoms with E-state index in [0.717, 1.165) is 10.6 Å². The molecule has 24 heavy (non-hydrogen) atoms. The van der Waals surface area contributed by atoms with Crippen molar-refractivity contribution >= 4 is 28.2 Å². The van der Waals surface area contributed by atoms with Crippen molar-refractivity contribution in [3.63, 3.8) is 0 Å². The van der Waals surface area contributed by atoms with Crippen molar-refractivity contribution in [2.24, 2.45) is 0 Å². The summed E-state index contributed by atoms with van der Waals surface area (Å²) in [6.07, 6.45) is 0.788. The van der Waals surface area contributed by atoms with Crippen LogP contribution in [-0.4, -0.2) is 30.7 Å². The molecule has 7 heteroatoms. The molecule has 0 bridgehead atoms. The molecule has 0 saturated heterocycles. The highest BCUT2D eigenvalue weighted by Gasteiger charge is 2.15. The molecule has 0 radical (unpaired) electrons. The number of hydrogen-bond donors (Lipinski definition) is 2. The zero-order valence-electron chi connectivity index (χ0n) is 13.5. The molecular formula is C17H19NO5S. The predicted molar refractivity (Wildman–Crippen MR) is 92.4 cm³/mol. The number of amides is 1. The van der Waals surface area contributed by atoms with Crippen molar-refractivity contribution in [3.05, 3.63) is 40.8 Å². The lowest BCUT2D eigenvalue weighted by atomic mass is 10.2. The van der Waals surface area contributed by atoms with Crippen molar-refractivity contribution < 1.29 is 24.2 Å². The van der Waals surface area contributed by atoms with Crippen LogP contribution in [0, 0.1) is 6.92 Å². The third-order valence-electron chi connectivity index (χ3n) is 3.21. The van der Waals surface area contributed by atoms with Crippen LogP contribution >= 0.6 is 11.3 Å². The van der Waals surface area contributed by atoms with Gasteiger partial charge in [-0.05, 0) is 43.7 Å². The number of carbonyl (C=O) groups excluding carboxylic acids is 1. The second-order valence-electron chi connectivity index (χ2n) is 5.08. The van der Waals surface area contributed by atoms with Crippen LogP contribution in [0.15, 0.2) is 30.3 Å². The normalized spacial score (nSPS) is 10.2. The Hall–Kier alpha value is -2.54. The fourth-order valence-corrected chi connectivity index (χ4v) is 2.97. The summed E-state index contributed by atoms with van der Waals surface area (Å²) in [6, 6.07) is 8.75. The summed E-state index contributed by atoms with van der Waals surface area (Å²) in [7, 11) is 1.60. The smallest absolute Gasteiger partial charge is 0.338 e. The summed E-state index contributed by atoms with van der Waals surface area (Å²) >= 11 is 1.25. The number of aromatic carboxylic acids is 1. The van der Waals surface area contributed by atoms with Gasteiger partial charge >= 0.3 is 5.97 Å². The minimum atomic E-state index is -1.04. The van der Waals surface area contributed by atoms with E-state index in [9.17, 15) is 9.59 Å². The summed E-state index contributed by atoms with van der Waals surface area (Å²) in [5, 5.41) is 12.1. The van der Waals surface area contributed by atoms with Gasteiger partial charge in [0.15, 0.2) is 0 Å². The molecule has 0 saturated carbocycles. The van der Waals surface area contributed by atoms with E-state index in [1.54, 1.807) is 44.4 Å². The van der Waals surface area contributed by atoms with Gasteiger partial charge in [0.2, 0.25) is 5.91 Å². The van der Waals surface area contributed by atoms with Gasteiger partial charge in [-0.2, -0.15) is 0 Å². The summed E-state index contributed by atoms with van der Waals surface area (Å²) < 4.78 is 10.6. The fourth-order valence-electron chi connectivity index (χ4n) is 2.05. The van der Waals surface area contributed by atoms with E-state index in [-0.39, 0.29) is 17.9 Å². The average molecular weight is 349 g/mol. The summed E-state index contributed by atoms with van der Waals surface area (Å²) in [5.74, 6) is 0.190. The number of benzene rings is 1. The molecule has 0 aliphatic heterocycles. The molecule has 1 amide bonds. The maximum absolute atomic E-state index is 11.9. The first-order valence-corrected chi connectivity index (χ1v) is 8.21. The second kappa shape index (κ2) is 8.35. The maximum atomic E-state index is 11.9. The van der Waals surface area contributed by atoms with Crippen LogP contribution in [0.2, 0.25) is 0 Å². The van der Waals surface area contributed by atoms with E-state index < -0.39 is 5.97 Å². The van der Waals surface area contributed by atoms with Gasteiger partial charge in [-0.15, -0.1) is 11.3 Å². The first kappa shape index (κ1) is 17.8. The first-order chi connectivity index (χ1) is 11.5. The lowest BCUT2D eigenvalue weighted by Crippen LogP contribution is -2.13. The topological polar surface area (TPSA) is 84.9 Å². The Labute approximate surface area is 144 Å². The fraction of sp³-hybridized carbons (Fsp3) is 0.294. The Morgan fingerprint density at radius 2 is 1.88 bits per heavy atom. The minimum absolute atomic E-state index is 0.125. The van der Waals surface area contributed by atoms with Crippen LogP contribution in [0.4, 0.5) is 5.00 Å². The molecule has 0 unspecified atom stereocenters. The number of anilines is 1. The number of aryl methyl sites for hydroxylation is 1. The number of hydrogen-bond acceptors (Lipinski definition) is 5. The van der Waals surface area contributed by atoms with Gasteiger partial charge in [0, 0.05) is 11.3 Å². The molecule has 2 N–H and O–H groups in total. The van der Waals surface area contributed by atoms with E-state index in [0.29, 0.717) is 23.8 Å². The van der Waals surface area contributed by atoms with Gasteiger partial charge in [0.25, 0.3) is 0 Å².